The first-order valence-electron chi connectivity index (χ1n) is 9.01. The molecule has 0 aliphatic heterocycles. The molecule has 0 saturated heterocycles. The summed E-state index contributed by atoms with van der Waals surface area (Å²) in [6.45, 7) is 2.23. The van der Waals surface area contributed by atoms with E-state index < -0.39 is 17.4 Å². The first-order chi connectivity index (χ1) is 11.5. The topological polar surface area (TPSA) is 52.6 Å². The molecule has 0 heterocycles. The molecular formula is C19H29IO4. The second-order valence-electron chi connectivity index (χ2n) is 7.22. The van der Waals surface area contributed by atoms with Gasteiger partial charge in [-0.05, 0) is 76.5 Å². The largest absolute Gasteiger partial charge is 0.468 e. The molecule has 2 saturated carbocycles. The zero-order valence-corrected chi connectivity index (χ0v) is 17.2. The molecule has 0 radical (unpaired) electrons. The number of allylic oxidation sites excluding steroid dienone is 2. The van der Waals surface area contributed by atoms with Gasteiger partial charge in [-0.2, -0.15) is 0 Å². The fourth-order valence-corrected chi connectivity index (χ4v) is 5.24. The highest BCUT2D eigenvalue weighted by atomic mass is 127. The minimum absolute atomic E-state index is 0.401. The molecule has 4 nitrogen and oxygen atoms in total. The molecule has 2 aliphatic rings. The van der Waals surface area contributed by atoms with Crippen LogP contribution in [0.5, 0.6) is 0 Å². The highest BCUT2D eigenvalue weighted by Gasteiger charge is 2.58. The number of rotatable bonds is 7. The fourth-order valence-electron chi connectivity index (χ4n) is 4.42. The Morgan fingerprint density at radius 1 is 1.04 bits per heavy atom. The fraction of sp³-hybridized carbons (Fsp3) is 0.789. The van der Waals surface area contributed by atoms with Gasteiger partial charge in [0.15, 0.2) is 5.41 Å². The summed E-state index contributed by atoms with van der Waals surface area (Å²) in [5, 5.41) is 0. The van der Waals surface area contributed by atoms with Gasteiger partial charge in [0.05, 0.1) is 14.2 Å². The van der Waals surface area contributed by atoms with Gasteiger partial charge in [0.25, 0.3) is 0 Å². The van der Waals surface area contributed by atoms with Crippen molar-refractivity contribution >= 4 is 34.5 Å². The second kappa shape index (κ2) is 8.68. The van der Waals surface area contributed by atoms with Crippen LogP contribution in [0.1, 0.15) is 64.7 Å². The van der Waals surface area contributed by atoms with Crippen LogP contribution in [0.25, 0.3) is 0 Å². The number of fused-ring (bicyclic) bond motifs is 1. The van der Waals surface area contributed by atoms with Gasteiger partial charge in [-0.25, -0.2) is 0 Å². The average Bonchev–Trinajstić information content (AvgIpc) is 3.14. The van der Waals surface area contributed by atoms with Crippen LogP contribution in [0.15, 0.2) is 9.15 Å². The van der Waals surface area contributed by atoms with Gasteiger partial charge in [-0.15, -0.1) is 0 Å². The van der Waals surface area contributed by atoms with Gasteiger partial charge >= 0.3 is 11.9 Å². The van der Waals surface area contributed by atoms with Gasteiger partial charge in [-0.1, -0.05) is 31.8 Å². The van der Waals surface area contributed by atoms with Crippen LogP contribution < -0.4 is 0 Å². The Morgan fingerprint density at radius 2 is 1.58 bits per heavy atom. The molecule has 2 fully saturated rings. The van der Waals surface area contributed by atoms with Crippen molar-refractivity contribution in [3.8, 4) is 0 Å². The molecule has 0 aromatic heterocycles. The predicted molar refractivity (Wildman–Crippen MR) is 102 cm³/mol. The number of ether oxygens (including phenoxy) is 2. The van der Waals surface area contributed by atoms with Crippen LogP contribution in [-0.4, -0.2) is 26.2 Å². The van der Waals surface area contributed by atoms with E-state index in [9.17, 15) is 9.59 Å². The molecule has 0 unspecified atom stereocenters. The summed E-state index contributed by atoms with van der Waals surface area (Å²) in [7, 11) is 2.71. The number of esters is 2. The number of unbranched alkanes of at least 4 members (excludes halogenated alkanes) is 3. The minimum atomic E-state index is -1.07. The zero-order chi connectivity index (χ0) is 17.7. The van der Waals surface area contributed by atoms with E-state index in [-0.39, 0.29) is 0 Å². The molecule has 2 rings (SSSR count). The number of hydrogen-bond donors (Lipinski definition) is 0. The molecule has 0 N–H and O–H groups in total. The monoisotopic (exact) mass is 448 g/mol. The SMILES string of the molecule is CCCCCCC(I)=C1C[C@@H]2CC(C(=O)OC)(C(=O)OC)C[C@@H]2C1. The second-order valence-corrected chi connectivity index (χ2v) is 8.52. The first kappa shape index (κ1) is 19.7. The van der Waals surface area contributed by atoms with E-state index in [1.54, 1.807) is 5.57 Å². The van der Waals surface area contributed by atoms with Gasteiger partial charge in [-0.3, -0.25) is 9.59 Å². The molecular weight excluding hydrogens is 419 g/mol. The van der Waals surface area contributed by atoms with E-state index in [2.05, 4.69) is 29.5 Å². The van der Waals surface area contributed by atoms with Gasteiger partial charge in [0.1, 0.15) is 0 Å². The van der Waals surface area contributed by atoms with Crippen LogP contribution in [0.4, 0.5) is 0 Å². The van der Waals surface area contributed by atoms with Crippen molar-refractivity contribution in [3.05, 3.63) is 9.15 Å². The van der Waals surface area contributed by atoms with E-state index in [4.69, 9.17) is 9.47 Å². The van der Waals surface area contributed by atoms with Crippen molar-refractivity contribution in [1.82, 2.24) is 0 Å². The molecule has 136 valence electrons. The third-order valence-corrected chi connectivity index (χ3v) is 6.99. The number of methoxy groups -OCH3 is 2. The van der Waals surface area contributed by atoms with E-state index in [1.807, 2.05) is 0 Å². The van der Waals surface area contributed by atoms with Crippen molar-refractivity contribution in [3.63, 3.8) is 0 Å². The lowest BCUT2D eigenvalue weighted by atomic mass is 9.83. The summed E-state index contributed by atoms with van der Waals surface area (Å²) in [5.41, 5.74) is 0.474. The normalized spacial score (nSPS) is 26.8. The molecule has 0 bridgehead atoms. The Balaban J connectivity index is 2.01. The molecule has 2 atom stereocenters. The van der Waals surface area contributed by atoms with Crippen LogP contribution in [-0.2, 0) is 19.1 Å². The number of carbonyl (C=O) groups excluding carboxylic acids is 2. The summed E-state index contributed by atoms with van der Waals surface area (Å²) < 4.78 is 11.3. The number of halogens is 1. The Morgan fingerprint density at radius 3 is 2.04 bits per heavy atom. The summed E-state index contributed by atoms with van der Waals surface area (Å²) in [5.74, 6) is -0.0516. The molecule has 24 heavy (non-hydrogen) atoms. The van der Waals surface area contributed by atoms with E-state index >= 15 is 0 Å². The molecule has 2 aliphatic carbocycles. The van der Waals surface area contributed by atoms with E-state index in [0.717, 1.165) is 12.8 Å². The first-order valence-corrected chi connectivity index (χ1v) is 10.1. The smallest absolute Gasteiger partial charge is 0.323 e. The van der Waals surface area contributed by atoms with Crippen molar-refractivity contribution < 1.29 is 19.1 Å². The molecule has 0 aromatic carbocycles. The molecule has 0 spiro atoms. The lowest BCUT2D eigenvalue weighted by Crippen LogP contribution is -2.39. The Kier molecular flexibility index (Phi) is 7.13. The maximum absolute atomic E-state index is 12.2. The molecule has 0 amide bonds. The lowest BCUT2D eigenvalue weighted by Gasteiger charge is -2.24. The van der Waals surface area contributed by atoms with E-state index in [0.29, 0.717) is 24.7 Å². The quantitative estimate of drug-likeness (QED) is 0.243. The highest BCUT2D eigenvalue weighted by molar-refractivity contribution is 14.1. The third kappa shape index (κ3) is 3.97. The van der Waals surface area contributed by atoms with Crippen LogP contribution >= 0.6 is 22.6 Å². The maximum atomic E-state index is 12.2. The van der Waals surface area contributed by atoms with Crippen molar-refractivity contribution in [1.29, 1.82) is 0 Å². The van der Waals surface area contributed by atoms with Gasteiger partial charge < -0.3 is 9.47 Å². The van der Waals surface area contributed by atoms with Crippen molar-refractivity contribution in [2.45, 2.75) is 64.7 Å². The van der Waals surface area contributed by atoms with Crippen molar-refractivity contribution in [2.75, 3.05) is 14.2 Å². The predicted octanol–water partition coefficient (Wildman–Crippen LogP) is 4.80. The van der Waals surface area contributed by atoms with Gasteiger partial charge in [0.2, 0.25) is 0 Å². The van der Waals surface area contributed by atoms with E-state index in [1.165, 1.54) is 49.9 Å². The number of hydrogen-bond acceptors (Lipinski definition) is 4. The van der Waals surface area contributed by atoms with Crippen LogP contribution in [0.3, 0.4) is 0 Å². The lowest BCUT2D eigenvalue weighted by molar-refractivity contribution is -0.169. The molecule has 0 aromatic rings. The summed E-state index contributed by atoms with van der Waals surface area (Å²) >= 11 is 2.50. The summed E-state index contributed by atoms with van der Waals surface area (Å²) in [6.07, 6.45) is 9.50. The summed E-state index contributed by atoms with van der Waals surface area (Å²) in [6, 6.07) is 0. The van der Waals surface area contributed by atoms with Crippen molar-refractivity contribution in [2.24, 2.45) is 17.3 Å². The highest BCUT2D eigenvalue weighted by Crippen LogP contribution is 2.56. The standard InChI is InChI=1S/C19H29IO4/c1-4-5-6-7-8-16(20)13-9-14-11-19(17(21)23-2,18(22)24-3)12-15(14)10-13/h14-15H,4-12H2,1-3H3/t14-,15+. The third-order valence-electron chi connectivity index (χ3n) is 5.69. The van der Waals surface area contributed by atoms with Crippen LogP contribution in [0.2, 0.25) is 0 Å². The zero-order valence-electron chi connectivity index (χ0n) is 15.0. The minimum Gasteiger partial charge on any atom is -0.468 e. The Bertz CT molecular complexity index is 477. The molecule has 5 heteroatoms. The Hall–Kier alpha value is -0.590. The Labute approximate surface area is 158 Å². The van der Waals surface area contributed by atoms with Crippen LogP contribution in [0, 0.1) is 17.3 Å². The average molecular weight is 448 g/mol. The number of carbonyl (C=O) groups is 2. The van der Waals surface area contributed by atoms with Gasteiger partial charge in [0, 0.05) is 0 Å². The summed E-state index contributed by atoms with van der Waals surface area (Å²) in [4.78, 5) is 24.5. The maximum Gasteiger partial charge on any atom is 0.323 e.